The molecule has 0 unspecified atom stereocenters. The molecule has 10 aromatic rings. The van der Waals surface area contributed by atoms with Crippen LogP contribution in [0, 0.1) is 0 Å². The Balaban J connectivity index is 1.17. The molecule has 0 bridgehead atoms. The van der Waals surface area contributed by atoms with Gasteiger partial charge in [0.1, 0.15) is 16.8 Å². The van der Waals surface area contributed by atoms with E-state index < -0.39 is 0 Å². The van der Waals surface area contributed by atoms with Crippen molar-refractivity contribution >= 4 is 43.9 Å². The number of fused-ring (bicyclic) bond motifs is 6. The molecular weight excluding hydrogens is 611 g/mol. The number of para-hydroxylation sites is 2. The Morgan fingerprint density at radius 2 is 1.04 bits per heavy atom. The first kappa shape index (κ1) is 28.3. The highest BCUT2D eigenvalue weighted by Gasteiger charge is 2.21. The normalized spacial score (nSPS) is 11.6. The molecule has 0 fully saturated rings. The Kier molecular flexibility index (Phi) is 6.46. The maximum Gasteiger partial charge on any atom is 0.180 e. The first-order valence-corrected chi connectivity index (χ1v) is 16.8. The predicted octanol–water partition coefficient (Wildman–Crippen LogP) is 12.1. The summed E-state index contributed by atoms with van der Waals surface area (Å²) in [6.45, 7) is 0. The molecule has 4 nitrogen and oxygen atoms in total. The molecule has 0 amide bonds. The van der Waals surface area contributed by atoms with Gasteiger partial charge >= 0.3 is 0 Å². The van der Waals surface area contributed by atoms with Crippen molar-refractivity contribution in [2.75, 3.05) is 0 Å². The van der Waals surface area contributed by atoms with Crippen LogP contribution in [-0.4, -0.2) is 14.5 Å². The van der Waals surface area contributed by atoms with Gasteiger partial charge < -0.3 is 8.98 Å². The maximum absolute atomic E-state index is 6.81. The number of aromatic nitrogens is 3. The molecule has 0 radical (unpaired) electrons. The lowest BCUT2D eigenvalue weighted by atomic mass is 10.0. The van der Waals surface area contributed by atoms with Crippen LogP contribution >= 0.6 is 0 Å². The van der Waals surface area contributed by atoms with Crippen molar-refractivity contribution in [2.45, 2.75) is 0 Å². The molecule has 234 valence electrons. The highest BCUT2D eigenvalue weighted by atomic mass is 16.3. The van der Waals surface area contributed by atoms with E-state index >= 15 is 0 Å². The number of hydrogen-bond acceptors (Lipinski definition) is 3. The van der Waals surface area contributed by atoms with E-state index in [1.165, 1.54) is 32.9 Å². The molecule has 10 rings (SSSR count). The molecule has 0 saturated heterocycles. The van der Waals surface area contributed by atoms with Crippen LogP contribution in [0.4, 0.5) is 0 Å². The monoisotopic (exact) mass is 639 g/mol. The van der Waals surface area contributed by atoms with Gasteiger partial charge in [0.05, 0.1) is 11.0 Å². The van der Waals surface area contributed by atoms with Gasteiger partial charge in [-0.05, 0) is 53.1 Å². The van der Waals surface area contributed by atoms with E-state index in [1.54, 1.807) is 0 Å². The fourth-order valence-electron chi connectivity index (χ4n) is 7.27. The van der Waals surface area contributed by atoms with E-state index in [2.05, 4.69) is 132 Å². The molecule has 0 N–H and O–H groups in total. The lowest BCUT2D eigenvalue weighted by Gasteiger charge is -2.11. The van der Waals surface area contributed by atoms with Crippen molar-refractivity contribution < 1.29 is 4.42 Å². The SMILES string of the molecule is c1ccc(-c2ccc3c(c2)c2ccccc2n3-c2cccc(-c3cccc4c3oc3c(-c5ccccc5)nc(-c5ccccc5)nc34)c2)cc1. The average Bonchev–Trinajstić information content (AvgIpc) is 3.74. The number of hydrogen-bond donors (Lipinski definition) is 0. The van der Waals surface area contributed by atoms with Gasteiger partial charge in [-0.2, -0.15) is 0 Å². The standard InChI is InChI=1S/C46H29N3O/c1-4-14-30(15-5-1)33-26-27-41-39(29-33)37-22-10-11-25-40(37)49(41)35-21-12-20-34(28-35)36-23-13-24-38-43-45(50-44(36)38)42(31-16-6-2-7-17-31)47-46(48-43)32-18-8-3-9-19-32/h1-29H. The van der Waals surface area contributed by atoms with Crippen LogP contribution in [0.25, 0.3) is 94.5 Å². The third kappa shape index (κ3) is 4.54. The van der Waals surface area contributed by atoms with Gasteiger partial charge in [0.2, 0.25) is 0 Å². The number of nitrogens with zero attached hydrogens (tertiary/aromatic N) is 3. The van der Waals surface area contributed by atoms with Crippen molar-refractivity contribution in [3.63, 3.8) is 0 Å². The zero-order valence-electron chi connectivity index (χ0n) is 27.0. The van der Waals surface area contributed by atoms with Crippen molar-refractivity contribution in [1.82, 2.24) is 14.5 Å². The summed E-state index contributed by atoms with van der Waals surface area (Å²) in [5, 5.41) is 3.42. The van der Waals surface area contributed by atoms with Gasteiger partial charge in [-0.3, -0.25) is 0 Å². The van der Waals surface area contributed by atoms with Gasteiger partial charge in [-0.15, -0.1) is 0 Å². The molecule has 0 aliphatic heterocycles. The minimum absolute atomic E-state index is 0.675. The molecule has 0 spiro atoms. The second-order valence-electron chi connectivity index (χ2n) is 12.6. The molecule has 4 heteroatoms. The molecule has 3 aromatic heterocycles. The van der Waals surface area contributed by atoms with Crippen LogP contribution in [0.1, 0.15) is 0 Å². The summed E-state index contributed by atoms with van der Waals surface area (Å²) in [7, 11) is 0. The molecule has 0 atom stereocenters. The summed E-state index contributed by atoms with van der Waals surface area (Å²) in [6, 6.07) is 61.5. The summed E-state index contributed by atoms with van der Waals surface area (Å²) >= 11 is 0. The Hall–Kier alpha value is -6.78. The summed E-state index contributed by atoms with van der Waals surface area (Å²) in [6.07, 6.45) is 0. The Morgan fingerprint density at radius 3 is 1.84 bits per heavy atom. The van der Waals surface area contributed by atoms with Crippen LogP contribution < -0.4 is 0 Å². The maximum atomic E-state index is 6.81. The van der Waals surface area contributed by atoms with E-state index in [1.807, 2.05) is 48.5 Å². The zero-order valence-corrected chi connectivity index (χ0v) is 27.0. The van der Waals surface area contributed by atoms with Crippen molar-refractivity contribution in [2.24, 2.45) is 0 Å². The van der Waals surface area contributed by atoms with Gasteiger partial charge in [-0.25, -0.2) is 9.97 Å². The first-order valence-electron chi connectivity index (χ1n) is 16.8. The second-order valence-corrected chi connectivity index (χ2v) is 12.6. The highest BCUT2D eigenvalue weighted by Crippen LogP contribution is 2.41. The third-order valence-electron chi connectivity index (χ3n) is 9.61. The Morgan fingerprint density at radius 1 is 0.400 bits per heavy atom. The van der Waals surface area contributed by atoms with Crippen LogP contribution in [0.2, 0.25) is 0 Å². The first-order chi connectivity index (χ1) is 24.8. The molecule has 7 aromatic carbocycles. The van der Waals surface area contributed by atoms with Crippen molar-refractivity contribution in [1.29, 1.82) is 0 Å². The quantitative estimate of drug-likeness (QED) is 0.188. The van der Waals surface area contributed by atoms with E-state index in [-0.39, 0.29) is 0 Å². The summed E-state index contributed by atoms with van der Waals surface area (Å²) in [5.41, 5.74) is 12.9. The van der Waals surface area contributed by atoms with E-state index in [4.69, 9.17) is 14.4 Å². The fraction of sp³-hybridized carbons (Fsp3) is 0. The number of benzene rings is 7. The second kappa shape index (κ2) is 11.4. The van der Waals surface area contributed by atoms with Gasteiger partial charge in [0.25, 0.3) is 0 Å². The molecule has 0 aliphatic rings. The minimum atomic E-state index is 0.675. The highest BCUT2D eigenvalue weighted by molar-refractivity contribution is 6.12. The lowest BCUT2D eigenvalue weighted by molar-refractivity contribution is 0.668. The fourth-order valence-corrected chi connectivity index (χ4v) is 7.27. The van der Waals surface area contributed by atoms with Crippen molar-refractivity contribution in [3.8, 4) is 50.6 Å². The van der Waals surface area contributed by atoms with Gasteiger partial charge in [0, 0.05) is 38.5 Å². The van der Waals surface area contributed by atoms with Gasteiger partial charge in [0.15, 0.2) is 11.4 Å². The predicted molar refractivity (Wildman–Crippen MR) is 205 cm³/mol. The van der Waals surface area contributed by atoms with Crippen LogP contribution in [0.5, 0.6) is 0 Å². The topological polar surface area (TPSA) is 43.9 Å². The Labute approximate surface area is 288 Å². The summed E-state index contributed by atoms with van der Waals surface area (Å²) in [4.78, 5) is 10.2. The molecule has 0 saturated carbocycles. The largest absolute Gasteiger partial charge is 0.451 e. The molecule has 0 aliphatic carbocycles. The van der Waals surface area contributed by atoms with E-state index in [0.29, 0.717) is 11.4 Å². The number of rotatable bonds is 5. The Bertz CT molecular complexity index is 2850. The zero-order chi connectivity index (χ0) is 33.0. The summed E-state index contributed by atoms with van der Waals surface area (Å²) in [5.74, 6) is 0.675. The van der Waals surface area contributed by atoms with Crippen LogP contribution in [-0.2, 0) is 0 Å². The molecular formula is C46H29N3O. The number of furan rings is 1. The van der Waals surface area contributed by atoms with Crippen LogP contribution in [0.3, 0.4) is 0 Å². The van der Waals surface area contributed by atoms with Crippen molar-refractivity contribution in [3.05, 3.63) is 176 Å². The van der Waals surface area contributed by atoms with E-state index in [9.17, 15) is 0 Å². The van der Waals surface area contributed by atoms with Gasteiger partial charge in [-0.1, -0.05) is 140 Å². The minimum Gasteiger partial charge on any atom is -0.451 e. The van der Waals surface area contributed by atoms with Crippen LogP contribution in [0.15, 0.2) is 180 Å². The lowest BCUT2D eigenvalue weighted by Crippen LogP contribution is -1.94. The average molecular weight is 640 g/mol. The summed E-state index contributed by atoms with van der Waals surface area (Å²) < 4.78 is 9.18. The third-order valence-corrected chi connectivity index (χ3v) is 9.61. The smallest absolute Gasteiger partial charge is 0.180 e. The molecule has 3 heterocycles. The van der Waals surface area contributed by atoms with E-state index in [0.717, 1.165) is 50.1 Å². The molecule has 50 heavy (non-hydrogen) atoms.